The van der Waals surface area contributed by atoms with Gasteiger partial charge < -0.3 is 10.0 Å². The standard InChI is InChI=1S/C12H17N3O4/c16-6-4-9-3-5-14(7-9)12(19)8-15-11(18)2-1-10(17)13-15/h1-2,9,16H,3-8H2,(H,13,17). The van der Waals surface area contributed by atoms with Gasteiger partial charge >= 0.3 is 0 Å². The molecule has 0 spiro atoms. The minimum atomic E-state index is -0.410. The van der Waals surface area contributed by atoms with Crippen molar-refractivity contribution in [1.29, 1.82) is 0 Å². The highest BCUT2D eigenvalue weighted by atomic mass is 16.3. The average molecular weight is 267 g/mol. The van der Waals surface area contributed by atoms with E-state index in [1.54, 1.807) is 4.90 Å². The summed E-state index contributed by atoms with van der Waals surface area (Å²) < 4.78 is 1.02. The molecule has 7 heteroatoms. The lowest BCUT2D eigenvalue weighted by atomic mass is 10.1. The van der Waals surface area contributed by atoms with Crippen LogP contribution in [0.2, 0.25) is 0 Å². The van der Waals surface area contributed by atoms with Crippen LogP contribution in [-0.2, 0) is 11.3 Å². The predicted molar refractivity (Wildman–Crippen MR) is 67.7 cm³/mol. The summed E-state index contributed by atoms with van der Waals surface area (Å²) in [6, 6.07) is 2.28. The van der Waals surface area contributed by atoms with Crippen molar-refractivity contribution in [2.45, 2.75) is 19.4 Å². The summed E-state index contributed by atoms with van der Waals surface area (Å²) in [6.45, 7) is 1.21. The number of rotatable bonds is 4. The van der Waals surface area contributed by atoms with Crippen molar-refractivity contribution >= 4 is 5.91 Å². The Bertz CT molecular complexity index is 563. The van der Waals surface area contributed by atoms with Crippen LogP contribution in [-0.4, -0.2) is 45.4 Å². The van der Waals surface area contributed by atoms with Crippen LogP contribution < -0.4 is 11.1 Å². The molecular weight excluding hydrogens is 250 g/mol. The topological polar surface area (TPSA) is 95.4 Å². The Morgan fingerprint density at radius 2 is 2.21 bits per heavy atom. The highest BCUT2D eigenvalue weighted by Gasteiger charge is 2.25. The Morgan fingerprint density at radius 3 is 2.95 bits per heavy atom. The van der Waals surface area contributed by atoms with E-state index < -0.39 is 11.1 Å². The number of carbonyl (C=O) groups is 1. The first-order valence-corrected chi connectivity index (χ1v) is 6.29. The molecule has 1 atom stereocenters. The van der Waals surface area contributed by atoms with Crippen LogP contribution >= 0.6 is 0 Å². The number of H-pyrrole nitrogens is 1. The normalized spacial score (nSPS) is 18.8. The fourth-order valence-electron chi connectivity index (χ4n) is 2.29. The number of aromatic amines is 1. The maximum Gasteiger partial charge on any atom is 0.265 e. The number of likely N-dealkylation sites (tertiary alicyclic amines) is 1. The van der Waals surface area contributed by atoms with Crippen LogP contribution in [0.15, 0.2) is 21.7 Å². The lowest BCUT2D eigenvalue weighted by Crippen LogP contribution is -2.37. The lowest BCUT2D eigenvalue weighted by molar-refractivity contribution is -0.131. The Hall–Kier alpha value is -1.89. The van der Waals surface area contributed by atoms with Gasteiger partial charge in [-0.15, -0.1) is 0 Å². The molecule has 1 aliphatic rings. The molecule has 0 radical (unpaired) electrons. The van der Waals surface area contributed by atoms with Crippen molar-refractivity contribution in [1.82, 2.24) is 14.7 Å². The first-order valence-electron chi connectivity index (χ1n) is 6.29. The van der Waals surface area contributed by atoms with Crippen molar-refractivity contribution in [3.8, 4) is 0 Å². The van der Waals surface area contributed by atoms with E-state index in [0.29, 0.717) is 25.4 Å². The molecule has 0 aliphatic carbocycles. The van der Waals surface area contributed by atoms with Gasteiger partial charge in [-0.3, -0.25) is 19.5 Å². The zero-order valence-corrected chi connectivity index (χ0v) is 10.5. The average Bonchev–Trinajstić information content (AvgIpc) is 2.83. The quantitative estimate of drug-likeness (QED) is 0.714. The van der Waals surface area contributed by atoms with Gasteiger partial charge in [-0.2, -0.15) is 0 Å². The van der Waals surface area contributed by atoms with Gasteiger partial charge in [0.05, 0.1) is 0 Å². The number of aliphatic hydroxyl groups is 1. The SMILES string of the molecule is O=C(Cn1[nH]c(=O)ccc1=O)N1CCC(CCO)C1. The molecule has 1 amide bonds. The minimum Gasteiger partial charge on any atom is -0.396 e. The van der Waals surface area contributed by atoms with Gasteiger partial charge in [0.25, 0.3) is 11.1 Å². The fourth-order valence-corrected chi connectivity index (χ4v) is 2.29. The molecule has 0 saturated carbocycles. The summed E-state index contributed by atoms with van der Waals surface area (Å²) in [5.41, 5.74) is -0.814. The Labute approximate surface area is 109 Å². The molecule has 7 nitrogen and oxygen atoms in total. The van der Waals surface area contributed by atoms with Crippen molar-refractivity contribution in [3.05, 3.63) is 32.8 Å². The van der Waals surface area contributed by atoms with Crippen molar-refractivity contribution in [3.63, 3.8) is 0 Å². The second-order valence-corrected chi connectivity index (χ2v) is 4.74. The fraction of sp³-hybridized carbons (Fsp3) is 0.583. The molecule has 1 aliphatic heterocycles. The van der Waals surface area contributed by atoms with Gasteiger partial charge in [-0.1, -0.05) is 0 Å². The van der Waals surface area contributed by atoms with Crippen LogP contribution in [0.1, 0.15) is 12.8 Å². The molecule has 19 heavy (non-hydrogen) atoms. The Balaban J connectivity index is 2.00. The van der Waals surface area contributed by atoms with E-state index in [1.165, 1.54) is 0 Å². The molecule has 1 aromatic rings. The molecule has 104 valence electrons. The second-order valence-electron chi connectivity index (χ2n) is 4.74. The summed E-state index contributed by atoms with van der Waals surface area (Å²) in [6.07, 6.45) is 1.55. The third-order valence-electron chi connectivity index (χ3n) is 3.36. The Morgan fingerprint density at radius 1 is 1.42 bits per heavy atom. The summed E-state index contributed by atoms with van der Waals surface area (Å²) in [4.78, 5) is 36.3. The highest BCUT2D eigenvalue weighted by Crippen LogP contribution is 2.19. The van der Waals surface area contributed by atoms with E-state index in [0.717, 1.165) is 23.2 Å². The van der Waals surface area contributed by atoms with Crippen LogP contribution in [0, 0.1) is 5.92 Å². The molecule has 2 heterocycles. The number of aliphatic hydroxyl groups excluding tert-OH is 1. The first kappa shape index (κ1) is 13.5. The monoisotopic (exact) mass is 267 g/mol. The van der Waals surface area contributed by atoms with E-state index in [1.807, 2.05) is 0 Å². The predicted octanol–water partition coefficient (Wildman–Crippen LogP) is -1.23. The third kappa shape index (κ3) is 3.31. The van der Waals surface area contributed by atoms with E-state index in [-0.39, 0.29) is 19.1 Å². The van der Waals surface area contributed by atoms with Crippen LogP contribution in [0.25, 0.3) is 0 Å². The third-order valence-corrected chi connectivity index (χ3v) is 3.36. The largest absolute Gasteiger partial charge is 0.396 e. The van der Waals surface area contributed by atoms with Crippen LogP contribution in [0.5, 0.6) is 0 Å². The number of hydrogen-bond acceptors (Lipinski definition) is 4. The van der Waals surface area contributed by atoms with Gasteiger partial charge in [-0.25, -0.2) is 4.68 Å². The summed E-state index contributed by atoms with van der Waals surface area (Å²) in [5.74, 6) is 0.130. The van der Waals surface area contributed by atoms with E-state index >= 15 is 0 Å². The summed E-state index contributed by atoms with van der Waals surface area (Å²) >= 11 is 0. The molecule has 1 aromatic heterocycles. The van der Waals surface area contributed by atoms with Crippen LogP contribution in [0.3, 0.4) is 0 Å². The minimum absolute atomic E-state index is 0.123. The van der Waals surface area contributed by atoms with E-state index in [2.05, 4.69) is 5.10 Å². The molecule has 1 unspecified atom stereocenters. The Kier molecular flexibility index (Phi) is 4.16. The van der Waals surface area contributed by atoms with Crippen LogP contribution in [0.4, 0.5) is 0 Å². The number of amides is 1. The number of hydrogen-bond donors (Lipinski definition) is 2. The smallest absolute Gasteiger partial charge is 0.265 e. The highest BCUT2D eigenvalue weighted by molar-refractivity contribution is 5.76. The first-order chi connectivity index (χ1) is 9.10. The van der Waals surface area contributed by atoms with Gasteiger partial charge in [0, 0.05) is 31.8 Å². The summed E-state index contributed by atoms with van der Waals surface area (Å²) in [7, 11) is 0. The second kappa shape index (κ2) is 5.83. The summed E-state index contributed by atoms with van der Waals surface area (Å²) in [5, 5.41) is 11.2. The molecule has 1 fully saturated rings. The van der Waals surface area contributed by atoms with E-state index in [4.69, 9.17) is 5.11 Å². The molecule has 2 rings (SSSR count). The van der Waals surface area contributed by atoms with Gasteiger partial charge in [0.1, 0.15) is 6.54 Å². The zero-order valence-electron chi connectivity index (χ0n) is 10.5. The van der Waals surface area contributed by atoms with Gasteiger partial charge in [-0.05, 0) is 18.8 Å². The zero-order chi connectivity index (χ0) is 13.8. The number of nitrogens with one attached hydrogen (secondary N) is 1. The molecule has 1 saturated heterocycles. The molecule has 0 bridgehead atoms. The number of carbonyl (C=O) groups excluding carboxylic acids is 1. The number of nitrogens with zero attached hydrogens (tertiary/aromatic N) is 2. The van der Waals surface area contributed by atoms with Gasteiger partial charge in [0.15, 0.2) is 0 Å². The van der Waals surface area contributed by atoms with E-state index in [9.17, 15) is 14.4 Å². The number of aromatic nitrogens is 2. The molecule has 2 N–H and O–H groups in total. The van der Waals surface area contributed by atoms with Crippen molar-refractivity contribution in [2.24, 2.45) is 5.92 Å². The molecular formula is C12H17N3O4. The maximum absolute atomic E-state index is 12.0. The molecule has 0 aromatic carbocycles. The maximum atomic E-state index is 12.0. The van der Waals surface area contributed by atoms with Gasteiger partial charge in [0.2, 0.25) is 5.91 Å². The van der Waals surface area contributed by atoms with Crippen molar-refractivity contribution < 1.29 is 9.90 Å². The lowest BCUT2D eigenvalue weighted by Gasteiger charge is -2.16. The van der Waals surface area contributed by atoms with Crippen molar-refractivity contribution in [2.75, 3.05) is 19.7 Å².